The number of aromatic nitrogens is 1. The van der Waals surface area contributed by atoms with E-state index in [1.165, 1.54) is 55.3 Å². The quantitative estimate of drug-likeness (QED) is 0.0418. The Morgan fingerprint density at radius 2 is 1.11 bits per heavy atom. The van der Waals surface area contributed by atoms with E-state index in [2.05, 4.69) is 129 Å². The van der Waals surface area contributed by atoms with Gasteiger partial charge in [-0.15, -0.1) is 0 Å². The Bertz CT molecular complexity index is 2060. The van der Waals surface area contributed by atoms with Gasteiger partial charge in [0.1, 0.15) is 5.75 Å². The zero-order valence-electron chi connectivity index (χ0n) is 33.7. The van der Waals surface area contributed by atoms with Gasteiger partial charge in [-0.1, -0.05) is 182 Å². The van der Waals surface area contributed by atoms with E-state index in [0.29, 0.717) is 6.61 Å². The molecular weight excluding hydrogens is 691 g/mol. The number of benzene rings is 5. The van der Waals surface area contributed by atoms with Crippen LogP contribution in [0.15, 0.2) is 128 Å². The van der Waals surface area contributed by atoms with Crippen molar-refractivity contribution in [2.75, 3.05) is 13.2 Å². The van der Waals surface area contributed by atoms with Crippen LogP contribution in [0.25, 0.3) is 21.7 Å². The maximum absolute atomic E-state index is 14.1. The Labute approximate surface area is 331 Å². The number of rotatable bonds is 21. The molecule has 6 aromatic rings. The molecule has 0 saturated carbocycles. The van der Waals surface area contributed by atoms with Gasteiger partial charge in [0, 0.05) is 46.8 Å². The lowest BCUT2D eigenvalue weighted by atomic mass is 9.96. The predicted molar refractivity (Wildman–Crippen MR) is 235 cm³/mol. The summed E-state index contributed by atoms with van der Waals surface area (Å²) in [6, 6.07) is 42.3. The predicted octanol–water partition coefficient (Wildman–Crippen LogP) is 12.3. The summed E-state index contributed by atoms with van der Waals surface area (Å²) in [4.78, 5) is 14.1. The highest BCUT2D eigenvalue weighted by atomic mass is 28.4. The molecule has 55 heavy (non-hydrogen) atoms. The van der Waals surface area contributed by atoms with E-state index in [1.807, 2.05) is 30.3 Å². The summed E-state index contributed by atoms with van der Waals surface area (Å²) in [7, 11) is -2.45. The van der Waals surface area contributed by atoms with Crippen LogP contribution in [0.3, 0.4) is 0 Å². The van der Waals surface area contributed by atoms with Gasteiger partial charge in [0.05, 0.1) is 6.61 Å². The van der Waals surface area contributed by atoms with Gasteiger partial charge in [0.25, 0.3) is 8.32 Å². The van der Waals surface area contributed by atoms with Crippen molar-refractivity contribution in [1.82, 2.24) is 4.57 Å². The molecule has 0 bridgehead atoms. The van der Waals surface area contributed by atoms with Crippen molar-refractivity contribution >= 4 is 46.1 Å². The number of hydrogen-bond donors (Lipinski definition) is 0. The molecule has 6 rings (SSSR count). The Morgan fingerprint density at radius 3 is 1.73 bits per heavy atom. The van der Waals surface area contributed by atoms with Crippen molar-refractivity contribution in [3.8, 4) is 5.75 Å². The molecule has 4 nitrogen and oxygen atoms in total. The SMILES string of the molecule is CCCCCn1cc(C(=O)c2ccc(OCCCCCCCCCCO[Si](c3ccccc3)(c3ccccc3)C(C)(C)C)c3ccccc23)c2ccccc21. The molecule has 5 heteroatoms. The first-order chi connectivity index (χ1) is 26.8. The molecule has 0 fully saturated rings. The number of carbonyl (C=O) groups is 1. The largest absolute Gasteiger partial charge is 0.493 e. The number of aryl methyl sites for hydroxylation is 1. The number of ketones is 1. The van der Waals surface area contributed by atoms with E-state index >= 15 is 0 Å². The third-order valence-corrected chi connectivity index (χ3v) is 16.2. The van der Waals surface area contributed by atoms with Gasteiger partial charge in [0.2, 0.25) is 0 Å². The molecular formula is C50H61NO3Si. The topological polar surface area (TPSA) is 40.5 Å². The van der Waals surface area contributed by atoms with Gasteiger partial charge < -0.3 is 13.7 Å². The number of carbonyl (C=O) groups excluding carboxylic acids is 1. The summed E-state index contributed by atoms with van der Waals surface area (Å²) in [6.45, 7) is 11.7. The maximum Gasteiger partial charge on any atom is 0.261 e. The van der Waals surface area contributed by atoms with Gasteiger partial charge in [-0.2, -0.15) is 0 Å². The summed E-state index contributed by atoms with van der Waals surface area (Å²) in [6.07, 6.45) is 15.0. The molecule has 0 saturated heterocycles. The number of para-hydroxylation sites is 1. The van der Waals surface area contributed by atoms with Gasteiger partial charge in [-0.3, -0.25) is 4.79 Å². The highest BCUT2D eigenvalue weighted by Gasteiger charge is 2.49. The third kappa shape index (κ3) is 9.51. The van der Waals surface area contributed by atoms with Gasteiger partial charge in [0.15, 0.2) is 5.78 Å². The molecule has 288 valence electrons. The van der Waals surface area contributed by atoms with Crippen LogP contribution in [-0.2, 0) is 11.0 Å². The zero-order valence-corrected chi connectivity index (χ0v) is 34.7. The van der Waals surface area contributed by atoms with Crippen molar-refractivity contribution in [2.24, 2.45) is 0 Å². The summed E-state index contributed by atoms with van der Waals surface area (Å²) >= 11 is 0. The van der Waals surface area contributed by atoms with E-state index in [1.54, 1.807) is 0 Å². The summed E-state index contributed by atoms with van der Waals surface area (Å²) < 4.78 is 15.7. The highest BCUT2D eigenvalue weighted by molar-refractivity contribution is 6.99. The fourth-order valence-electron chi connectivity index (χ4n) is 8.32. The smallest absolute Gasteiger partial charge is 0.261 e. The number of unbranched alkanes of at least 4 members (excludes halogenated alkanes) is 9. The minimum atomic E-state index is -2.45. The van der Waals surface area contributed by atoms with E-state index in [4.69, 9.17) is 9.16 Å². The van der Waals surface area contributed by atoms with Crippen LogP contribution in [0.2, 0.25) is 5.04 Å². The maximum atomic E-state index is 14.1. The van der Waals surface area contributed by atoms with Crippen LogP contribution in [0, 0.1) is 0 Å². The second kappa shape index (κ2) is 19.4. The summed E-state index contributed by atoms with van der Waals surface area (Å²) in [5.41, 5.74) is 2.63. The van der Waals surface area contributed by atoms with Gasteiger partial charge >= 0.3 is 0 Å². The molecule has 1 heterocycles. The van der Waals surface area contributed by atoms with Crippen LogP contribution in [0.4, 0.5) is 0 Å². The number of ether oxygens (including phenoxy) is 1. The average molecular weight is 752 g/mol. The third-order valence-electron chi connectivity index (χ3n) is 11.2. The standard InChI is InChI=1S/C50H61NO3Si/c1-5-6-23-36-51-39-46(43-31-21-22-33-47(43)51)49(52)45-34-35-48(44-32-20-19-30-42(44)45)53-37-24-11-9-7-8-10-12-25-38-54-55(50(2,3)4,40-26-15-13-16-27-40)41-28-17-14-18-29-41/h13-22,26-35,39H,5-12,23-25,36-38H2,1-4H3. The van der Waals surface area contributed by atoms with Gasteiger partial charge in [-0.25, -0.2) is 0 Å². The Kier molecular flexibility index (Phi) is 14.2. The molecule has 1 aromatic heterocycles. The molecule has 0 aliphatic heterocycles. The second-order valence-electron chi connectivity index (χ2n) is 16.1. The lowest BCUT2D eigenvalue weighted by Gasteiger charge is -2.43. The zero-order chi connectivity index (χ0) is 38.5. The number of nitrogens with zero attached hydrogens (tertiary/aromatic N) is 1. The molecule has 5 aromatic carbocycles. The first-order valence-electron chi connectivity index (χ1n) is 20.9. The lowest BCUT2D eigenvalue weighted by Crippen LogP contribution is -2.66. The Morgan fingerprint density at radius 1 is 0.564 bits per heavy atom. The first-order valence-corrected chi connectivity index (χ1v) is 22.8. The molecule has 0 aliphatic carbocycles. The minimum absolute atomic E-state index is 0.0197. The molecule has 0 N–H and O–H groups in total. The van der Waals surface area contributed by atoms with Crippen molar-refractivity contribution in [2.45, 2.75) is 110 Å². The van der Waals surface area contributed by atoms with E-state index in [0.717, 1.165) is 77.4 Å². The molecule has 0 amide bonds. The van der Waals surface area contributed by atoms with Crippen LogP contribution in [0.1, 0.15) is 114 Å². The van der Waals surface area contributed by atoms with E-state index in [-0.39, 0.29) is 10.8 Å². The minimum Gasteiger partial charge on any atom is -0.493 e. The van der Waals surface area contributed by atoms with Crippen LogP contribution < -0.4 is 15.1 Å². The average Bonchev–Trinajstić information content (AvgIpc) is 3.58. The van der Waals surface area contributed by atoms with E-state index in [9.17, 15) is 4.79 Å². The van der Waals surface area contributed by atoms with E-state index < -0.39 is 8.32 Å². The van der Waals surface area contributed by atoms with Crippen molar-refractivity contribution < 1.29 is 14.0 Å². The first kappa shape index (κ1) is 40.2. The molecule has 0 radical (unpaired) electrons. The lowest BCUT2D eigenvalue weighted by molar-refractivity contribution is 0.104. The Hall–Kier alpha value is -4.45. The highest BCUT2D eigenvalue weighted by Crippen LogP contribution is 2.37. The normalized spacial score (nSPS) is 12.1. The molecule has 0 atom stereocenters. The van der Waals surface area contributed by atoms with Crippen LogP contribution in [-0.4, -0.2) is 31.9 Å². The molecule has 0 aliphatic rings. The summed E-state index contributed by atoms with van der Waals surface area (Å²) in [5, 5.41) is 5.70. The van der Waals surface area contributed by atoms with Crippen molar-refractivity contribution in [3.63, 3.8) is 0 Å². The molecule has 0 unspecified atom stereocenters. The van der Waals surface area contributed by atoms with Crippen LogP contribution in [0.5, 0.6) is 5.75 Å². The van der Waals surface area contributed by atoms with Crippen molar-refractivity contribution in [3.05, 3.63) is 139 Å². The number of fused-ring (bicyclic) bond motifs is 2. The monoisotopic (exact) mass is 751 g/mol. The summed E-state index contributed by atoms with van der Waals surface area (Å²) in [5.74, 6) is 0.925. The Balaban J connectivity index is 0.950. The second-order valence-corrected chi connectivity index (χ2v) is 20.4. The van der Waals surface area contributed by atoms with Crippen molar-refractivity contribution in [1.29, 1.82) is 0 Å². The van der Waals surface area contributed by atoms with Gasteiger partial charge in [-0.05, 0) is 58.3 Å². The number of hydrogen-bond acceptors (Lipinski definition) is 3. The van der Waals surface area contributed by atoms with Crippen LogP contribution >= 0.6 is 0 Å². The fraction of sp³-hybridized carbons (Fsp3) is 0.380. The fourth-order valence-corrected chi connectivity index (χ4v) is 12.9. The molecule has 0 spiro atoms.